The van der Waals surface area contributed by atoms with Crippen molar-refractivity contribution in [2.45, 2.75) is 38.6 Å². The summed E-state index contributed by atoms with van der Waals surface area (Å²) in [6, 6.07) is 22.3. The van der Waals surface area contributed by atoms with Crippen LogP contribution < -0.4 is 10.1 Å². The van der Waals surface area contributed by atoms with Crippen LogP contribution in [0.2, 0.25) is 0 Å². The van der Waals surface area contributed by atoms with Crippen molar-refractivity contribution in [3.05, 3.63) is 95.7 Å². The Hall–Kier alpha value is -4.40. The Morgan fingerprint density at radius 3 is 2.34 bits per heavy atom. The molecule has 0 aliphatic heterocycles. The lowest BCUT2D eigenvalue weighted by molar-refractivity contribution is -0.274. The number of nitrogens with zero attached hydrogens (tertiary/aromatic N) is 1. The van der Waals surface area contributed by atoms with E-state index in [9.17, 15) is 22.8 Å². The van der Waals surface area contributed by atoms with E-state index in [0.29, 0.717) is 35.9 Å². The van der Waals surface area contributed by atoms with Crippen LogP contribution in [0.1, 0.15) is 40.9 Å². The Morgan fingerprint density at radius 1 is 0.921 bits per heavy atom. The number of aliphatic carboxylic acids is 1. The highest BCUT2D eigenvalue weighted by atomic mass is 19.4. The minimum absolute atomic E-state index is 0.0939. The van der Waals surface area contributed by atoms with Gasteiger partial charge >= 0.3 is 12.3 Å². The fourth-order valence-corrected chi connectivity index (χ4v) is 4.07. The van der Waals surface area contributed by atoms with Crippen LogP contribution in [0.4, 0.5) is 13.2 Å². The van der Waals surface area contributed by atoms with Gasteiger partial charge in [-0.05, 0) is 60.7 Å². The molecular weight excluding hydrogens is 497 g/mol. The SMILES string of the molecule is O=C(O)CCCCc1nc2cc(C(=O)NCc3ccc(OC(F)(F)F)cc3)ccc2cc1-c1ccccc1. The average Bonchev–Trinajstić information content (AvgIpc) is 2.89. The highest BCUT2D eigenvalue weighted by Gasteiger charge is 2.30. The smallest absolute Gasteiger partial charge is 0.481 e. The number of hydrogen-bond acceptors (Lipinski definition) is 4. The molecule has 196 valence electrons. The standard InChI is InChI=1S/C29H25F3N2O4/c30-29(31,32)38-23-14-10-19(11-15-23)18-33-28(37)22-13-12-21-16-24(20-6-2-1-3-7-20)25(34-26(21)17-22)8-4-5-9-27(35)36/h1-3,6-7,10-17H,4-5,8-9,18H2,(H,33,37)(H,35,36). The van der Waals surface area contributed by atoms with E-state index in [1.807, 2.05) is 42.5 Å². The predicted molar refractivity (Wildman–Crippen MR) is 137 cm³/mol. The quantitative estimate of drug-likeness (QED) is 0.231. The first kappa shape index (κ1) is 26.7. The molecule has 1 heterocycles. The lowest BCUT2D eigenvalue weighted by Crippen LogP contribution is -2.22. The number of pyridine rings is 1. The maximum absolute atomic E-state index is 12.8. The lowest BCUT2D eigenvalue weighted by Gasteiger charge is -2.12. The van der Waals surface area contributed by atoms with Crippen LogP contribution in [0.5, 0.6) is 5.75 Å². The molecule has 0 bridgehead atoms. The summed E-state index contributed by atoms with van der Waals surface area (Å²) in [5, 5.41) is 12.6. The number of nitrogens with one attached hydrogen (secondary N) is 1. The van der Waals surface area contributed by atoms with Crippen LogP contribution >= 0.6 is 0 Å². The molecule has 3 aromatic carbocycles. The number of ether oxygens (including phenoxy) is 1. The summed E-state index contributed by atoms with van der Waals surface area (Å²) in [5.41, 5.74) is 4.44. The van der Waals surface area contributed by atoms with E-state index in [1.54, 1.807) is 12.1 Å². The largest absolute Gasteiger partial charge is 0.573 e. The van der Waals surface area contributed by atoms with Gasteiger partial charge in [-0.1, -0.05) is 48.5 Å². The zero-order chi connectivity index (χ0) is 27.1. The second kappa shape index (κ2) is 11.8. The van der Waals surface area contributed by atoms with Crippen molar-refractivity contribution >= 4 is 22.8 Å². The van der Waals surface area contributed by atoms with Gasteiger partial charge in [0.25, 0.3) is 5.91 Å². The van der Waals surface area contributed by atoms with Crippen molar-refractivity contribution in [1.82, 2.24) is 10.3 Å². The molecule has 0 radical (unpaired) electrons. The summed E-state index contributed by atoms with van der Waals surface area (Å²) in [4.78, 5) is 28.5. The summed E-state index contributed by atoms with van der Waals surface area (Å²) in [6.45, 7) is 0.123. The minimum atomic E-state index is -4.76. The first-order valence-corrected chi connectivity index (χ1v) is 12.0. The van der Waals surface area contributed by atoms with Crippen molar-refractivity contribution in [2.24, 2.45) is 0 Å². The van der Waals surface area contributed by atoms with Crippen molar-refractivity contribution in [2.75, 3.05) is 0 Å². The molecule has 0 spiro atoms. The van der Waals surface area contributed by atoms with Crippen LogP contribution in [-0.2, 0) is 17.8 Å². The topological polar surface area (TPSA) is 88.5 Å². The minimum Gasteiger partial charge on any atom is -0.481 e. The zero-order valence-electron chi connectivity index (χ0n) is 20.3. The molecule has 4 rings (SSSR count). The number of amides is 1. The van der Waals surface area contributed by atoms with Gasteiger partial charge in [0.2, 0.25) is 0 Å². The van der Waals surface area contributed by atoms with Crippen LogP contribution in [-0.4, -0.2) is 28.3 Å². The second-order valence-corrected chi connectivity index (χ2v) is 8.73. The number of unbranched alkanes of at least 4 members (excludes halogenated alkanes) is 1. The third-order valence-electron chi connectivity index (χ3n) is 5.91. The summed E-state index contributed by atoms with van der Waals surface area (Å²) < 4.78 is 40.8. The van der Waals surface area contributed by atoms with E-state index >= 15 is 0 Å². The molecule has 0 aliphatic rings. The number of carboxylic acid groups (broad SMARTS) is 1. The molecule has 9 heteroatoms. The van der Waals surface area contributed by atoms with Crippen LogP contribution in [0.25, 0.3) is 22.0 Å². The maximum Gasteiger partial charge on any atom is 0.573 e. The molecule has 0 saturated heterocycles. The van der Waals surface area contributed by atoms with Gasteiger partial charge in [0, 0.05) is 35.2 Å². The molecule has 4 aromatic rings. The van der Waals surface area contributed by atoms with Crippen molar-refractivity contribution in [1.29, 1.82) is 0 Å². The number of alkyl halides is 3. The van der Waals surface area contributed by atoms with Gasteiger partial charge in [-0.25, -0.2) is 0 Å². The van der Waals surface area contributed by atoms with Gasteiger partial charge in [0.1, 0.15) is 5.75 Å². The number of aryl methyl sites for hydroxylation is 1. The molecule has 1 aromatic heterocycles. The van der Waals surface area contributed by atoms with E-state index in [4.69, 9.17) is 10.1 Å². The summed E-state index contributed by atoms with van der Waals surface area (Å²) >= 11 is 0. The van der Waals surface area contributed by atoms with Crippen molar-refractivity contribution in [3.8, 4) is 16.9 Å². The number of halogens is 3. The van der Waals surface area contributed by atoms with Crippen molar-refractivity contribution < 1.29 is 32.6 Å². The zero-order valence-corrected chi connectivity index (χ0v) is 20.3. The number of carbonyl (C=O) groups excluding carboxylic acids is 1. The second-order valence-electron chi connectivity index (χ2n) is 8.73. The summed E-state index contributed by atoms with van der Waals surface area (Å²) in [6.07, 6.45) is -2.87. The number of rotatable bonds is 10. The summed E-state index contributed by atoms with van der Waals surface area (Å²) in [7, 11) is 0. The third-order valence-corrected chi connectivity index (χ3v) is 5.91. The number of carboxylic acids is 1. The van der Waals surface area contributed by atoms with Crippen LogP contribution in [0.3, 0.4) is 0 Å². The van der Waals surface area contributed by atoms with Gasteiger partial charge in [0.15, 0.2) is 0 Å². The van der Waals surface area contributed by atoms with Crippen molar-refractivity contribution in [3.63, 3.8) is 0 Å². The average molecular weight is 523 g/mol. The molecule has 2 N–H and O–H groups in total. The molecule has 6 nitrogen and oxygen atoms in total. The summed E-state index contributed by atoms with van der Waals surface area (Å²) in [5.74, 6) is -1.51. The molecule has 0 unspecified atom stereocenters. The molecular formula is C29H25F3N2O4. The van der Waals surface area contributed by atoms with E-state index in [2.05, 4.69) is 10.1 Å². The van der Waals surface area contributed by atoms with Gasteiger partial charge in [-0.2, -0.15) is 0 Å². The predicted octanol–water partition coefficient (Wildman–Crippen LogP) is 6.53. The number of benzene rings is 3. The third kappa shape index (κ3) is 7.32. The fraction of sp³-hybridized carbons (Fsp3) is 0.207. The van der Waals surface area contributed by atoms with Gasteiger partial charge < -0.3 is 15.2 Å². The van der Waals surface area contributed by atoms with Gasteiger partial charge in [-0.15, -0.1) is 13.2 Å². The Balaban J connectivity index is 1.51. The lowest BCUT2D eigenvalue weighted by atomic mass is 9.98. The Labute approximate surface area is 217 Å². The Bertz CT molecular complexity index is 1420. The first-order chi connectivity index (χ1) is 18.2. The number of carbonyl (C=O) groups is 2. The van der Waals surface area contributed by atoms with Gasteiger partial charge in [0.05, 0.1) is 5.52 Å². The highest BCUT2D eigenvalue weighted by molar-refractivity contribution is 5.98. The number of aromatic nitrogens is 1. The van der Waals surface area contributed by atoms with Gasteiger partial charge in [-0.3, -0.25) is 14.6 Å². The Morgan fingerprint density at radius 2 is 1.66 bits per heavy atom. The molecule has 0 aliphatic carbocycles. The molecule has 1 amide bonds. The first-order valence-electron chi connectivity index (χ1n) is 12.0. The van der Waals surface area contributed by atoms with Crippen LogP contribution in [0.15, 0.2) is 78.9 Å². The monoisotopic (exact) mass is 522 g/mol. The molecule has 0 saturated carbocycles. The van der Waals surface area contributed by atoms with E-state index < -0.39 is 12.3 Å². The number of fused-ring (bicyclic) bond motifs is 1. The van der Waals surface area contributed by atoms with E-state index in [-0.39, 0.29) is 24.6 Å². The number of hydrogen-bond donors (Lipinski definition) is 2. The molecule has 0 atom stereocenters. The molecule has 38 heavy (non-hydrogen) atoms. The van der Waals surface area contributed by atoms with Crippen LogP contribution in [0, 0.1) is 0 Å². The maximum atomic E-state index is 12.8. The van der Waals surface area contributed by atoms with E-state index in [0.717, 1.165) is 22.2 Å². The molecule has 0 fully saturated rings. The highest BCUT2D eigenvalue weighted by Crippen LogP contribution is 2.28. The van der Waals surface area contributed by atoms with E-state index in [1.165, 1.54) is 24.3 Å². The fourth-order valence-electron chi connectivity index (χ4n) is 4.07. The normalized spacial score (nSPS) is 11.3. The Kier molecular flexibility index (Phi) is 8.25.